The molecule has 0 aliphatic heterocycles. The molecule has 0 spiro atoms. The van der Waals surface area contributed by atoms with Gasteiger partial charge < -0.3 is 14.3 Å². The molecule has 3 aromatic heterocycles. The number of hydrogen-bond donors (Lipinski definition) is 2. The summed E-state index contributed by atoms with van der Waals surface area (Å²) in [4.78, 5) is 31.0. The van der Waals surface area contributed by atoms with E-state index in [1.807, 2.05) is 13.8 Å². The zero-order chi connectivity index (χ0) is 19.7. The maximum atomic E-state index is 12.8. The number of H-pyrrole nitrogens is 1. The second-order valence-corrected chi connectivity index (χ2v) is 7.09. The summed E-state index contributed by atoms with van der Waals surface area (Å²) in [5.74, 6) is 0.526. The first kappa shape index (κ1) is 18.1. The van der Waals surface area contributed by atoms with Gasteiger partial charge in [-0.15, -0.1) is 11.8 Å². The van der Waals surface area contributed by atoms with Crippen LogP contribution in [0.15, 0.2) is 55.3 Å². The summed E-state index contributed by atoms with van der Waals surface area (Å²) in [5, 5.41) is 7.39. The Hall–Kier alpha value is -3.33. The van der Waals surface area contributed by atoms with Crippen LogP contribution < -0.4 is 11.1 Å². The van der Waals surface area contributed by atoms with E-state index in [-0.39, 0.29) is 5.91 Å². The highest BCUT2D eigenvalue weighted by Crippen LogP contribution is 2.28. The summed E-state index contributed by atoms with van der Waals surface area (Å²) in [7, 11) is 0. The van der Waals surface area contributed by atoms with Crippen molar-refractivity contribution in [2.45, 2.75) is 24.6 Å². The fraction of sp³-hybridized carbons (Fsp3) is 0.158. The van der Waals surface area contributed by atoms with Crippen molar-refractivity contribution in [1.29, 1.82) is 0 Å². The predicted octanol–water partition coefficient (Wildman–Crippen LogP) is 3.67. The molecule has 1 aromatic carbocycles. The minimum Gasteiger partial charge on any atom is -0.408 e. The second kappa shape index (κ2) is 7.35. The van der Waals surface area contributed by atoms with Crippen LogP contribution in [0.5, 0.6) is 0 Å². The summed E-state index contributed by atoms with van der Waals surface area (Å²) in [6, 6.07) is 8.37. The Labute approximate surface area is 163 Å². The van der Waals surface area contributed by atoms with E-state index in [4.69, 9.17) is 8.94 Å². The van der Waals surface area contributed by atoms with Crippen LogP contribution >= 0.6 is 11.8 Å². The third-order valence-electron chi connectivity index (χ3n) is 4.23. The number of fused-ring (bicyclic) bond motifs is 1. The van der Waals surface area contributed by atoms with Crippen LogP contribution in [-0.2, 0) is 5.75 Å². The van der Waals surface area contributed by atoms with Crippen LogP contribution in [0.2, 0.25) is 0 Å². The van der Waals surface area contributed by atoms with Crippen LogP contribution in [0.25, 0.3) is 11.1 Å². The summed E-state index contributed by atoms with van der Waals surface area (Å²) < 4.78 is 10.1. The first-order valence-corrected chi connectivity index (χ1v) is 9.43. The molecule has 9 heteroatoms. The molecular formula is C19H16N4O4S. The molecule has 0 unspecified atom stereocenters. The highest BCUT2D eigenvalue weighted by molar-refractivity contribution is 7.98. The fourth-order valence-corrected chi connectivity index (χ4v) is 3.90. The van der Waals surface area contributed by atoms with E-state index in [0.29, 0.717) is 33.1 Å². The van der Waals surface area contributed by atoms with E-state index in [9.17, 15) is 9.59 Å². The molecule has 28 heavy (non-hydrogen) atoms. The molecule has 4 aromatic rings. The van der Waals surface area contributed by atoms with Crippen LogP contribution in [0, 0.1) is 13.8 Å². The topological polar surface area (TPSA) is 114 Å². The van der Waals surface area contributed by atoms with Gasteiger partial charge in [-0.2, -0.15) is 0 Å². The molecule has 4 rings (SSSR count). The van der Waals surface area contributed by atoms with E-state index < -0.39 is 5.76 Å². The first-order valence-electron chi connectivity index (χ1n) is 8.45. The Bertz CT molecular complexity index is 1200. The zero-order valence-corrected chi connectivity index (χ0v) is 15.9. The van der Waals surface area contributed by atoms with Crippen LogP contribution in [0.3, 0.4) is 0 Å². The predicted molar refractivity (Wildman–Crippen MR) is 105 cm³/mol. The highest BCUT2D eigenvalue weighted by atomic mass is 32.2. The van der Waals surface area contributed by atoms with E-state index in [1.165, 1.54) is 11.8 Å². The molecule has 3 heterocycles. The lowest BCUT2D eigenvalue weighted by Crippen LogP contribution is -2.13. The maximum absolute atomic E-state index is 12.8. The van der Waals surface area contributed by atoms with Gasteiger partial charge in [-0.05, 0) is 44.2 Å². The smallest absolute Gasteiger partial charge is 0.408 e. The van der Waals surface area contributed by atoms with Gasteiger partial charge in [-0.3, -0.25) is 9.78 Å². The third kappa shape index (κ3) is 3.56. The molecule has 1 amide bonds. The van der Waals surface area contributed by atoms with Crippen molar-refractivity contribution in [3.8, 4) is 0 Å². The molecule has 0 atom stereocenters. The Morgan fingerprint density at radius 3 is 2.93 bits per heavy atom. The SMILES string of the molecule is Cc1noc(C)c1CSc1ncccc1C(=O)Nc1ccc2oc(=O)[nH]c2c1. The van der Waals surface area contributed by atoms with Crippen molar-refractivity contribution in [3.05, 3.63) is 69.7 Å². The number of nitrogens with zero attached hydrogens (tertiary/aromatic N) is 2. The molecule has 2 N–H and O–H groups in total. The summed E-state index contributed by atoms with van der Waals surface area (Å²) in [6.45, 7) is 3.74. The largest absolute Gasteiger partial charge is 0.417 e. The van der Waals surface area contributed by atoms with Crippen LogP contribution in [0.1, 0.15) is 27.4 Å². The normalized spacial score (nSPS) is 11.1. The van der Waals surface area contributed by atoms with Gasteiger partial charge in [0.25, 0.3) is 5.91 Å². The summed E-state index contributed by atoms with van der Waals surface area (Å²) in [6.07, 6.45) is 1.65. The molecule has 0 saturated carbocycles. The zero-order valence-electron chi connectivity index (χ0n) is 15.1. The third-order valence-corrected chi connectivity index (χ3v) is 5.26. The van der Waals surface area contributed by atoms with Gasteiger partial charge in [-0.25, -0.2) is 9.78 Å². The number of anilines is 1. The average Bonchev–Trinajstić information content (AvgIpc) is 3.20. The van der Waals surface area contributed by atoms with Crippen LogP contribution in [-0.4, -0.2) is 21.0 Å². The van der Waals surface area contributed by atoms with E-state index in [1.54, 1.807) is 36.5 Å². The number of aromatic nitrogens is 3. The molecule has 0 radical (unpaired) electrons. The standard InChI is InChI=1S/C19H16N4O4S/c1-10-14(11(2)27-23-10)9-28-18-13(4-3-7-20-18)17(24)21-12-5-6-16-15(8-12)22-19(25)26-16/h3-8H,9H2,1-2H3,(H,21,24)(H,22,25). The van der Waals surface area contributed by atoms with Gasteiger partial charge in [0.2, 0.25) is 0 Å². The average molecular weight is 396 g/mol. The Morgan fingerprint density at radius 1 is 1.29 bits per heavy atom. The van der Waals surface area contributed by atoms with Crippen molar-refractivity contribution >= 4 is 34.5 Å². The summed E-state index contributed by atoms with van der Waals surface area (Å²) >= 11 is 1.44. The minimum atomic E-state index is -0.538. The van der Waals surface area contributed by atoms with Gasteiger partial charge in [-0.1, -0.05) is 5.16 Å². The first-order chi connectivity index (χ1) is 13.5. The lowest BCUT2D eigenvalue weighted by atomic mass is 10.2. The van der Waals surface area contributed by atoms with E-state index in [2.05, 4.69) is 20.4 Å². The molecule has 0 saturated heterocycles. The van der Waals surface area contributed by atoms with Gasteiger partial charge >= 0.3 is 5.76 Å². The van der Waals surface area contributed by atoms with Gasteiger partial charge in [0.1, 0.15) is 10.8 Å². The van der Waals surface area contributed by atoms with Crippen molar-refractivity contribution in [2.75, 3.05) is 5.32 Å². The quantitative estimate of drug-likeness (QED) is 0.495. The number of benzene rings is 1. The lowest BCUT2D eigenvalue weighted by molar-refractivity contribution is 0.102. The molecule has 8 nitrogen and oxygen atoms in total. The number of carbonyl (C=O) groups is 1. The summed E-state index contributed by atoms with van der Waals surface area (Å²) in [5.41, 5.74) is 3.77. The minimum absolute atomic E-state index is 0.292. The lowest BCUT2D eigenvalue weighted by Gasteiger charge is -2.09. The highest BCUT2D eigenvalue weighted by Gasteiger charge is 2.16. The number of nitrogens with one attached hydrogen (secondary N) is 2. The number of oxazole rings is 1. The Balaban J connectivity index is 1.54. The molecule has 0 aliphatic carbocycles. The molecule has 0 bridgehead atoms. The number of amides is 1. The number of aryl methyl sites for hydroxylation is 2. The number of pyridine rings is 1. The second-order valence-electron chi connectivity index (χ2n) is 6.13. The molecule has 0 fully saturated rings. The fourth-order valence-electron chi connectivity index (χ4n) is 2.76. The number of rotatable bonds is 5. The van der Waals surface area contributed by atoms with Gasteiger partial charge in [0.15, 0.2) is 5.58 Å². The number of aromatic amines is 1. The molecule has 0 aliphatic rings. The molecule has 142 valence electrons. The van der Waals surface area contributed by atoms with Gasteiger partial charge in [0, 0.05) is 23.2 Å². The molecular weight excluding hydrogens is 380 g/mol. The van der Waals surface area contributed by atoms with Crippen molar-refractivity contribution in [2.24, 2.45) is 0 Å². The number of hydrogen-bond acceptors (Lipinski definition) is 7. The van der Waals surface area contributed by atoms with E-state index >= 15 is 0 Å². The van der Waals surface area contributed by atoms with Crippen molar-refractivity contribution < 1.29 is 13.7 Å². The van der Waals surface area contributed by atoms with E-state index in [0.717, 1.165) is 17.0 Å². The monoisotopic (exact) mass is 396 g/mol. The Morgan fingerprint density at radius 2 is 2.14 bits per heavy atom. The van der Waals surface area contributed by atoms with Gasteiger partial charge in [0.05, 0.1) is 16.8 Å². The van der Waals surface area contributed by atoms with Crippen LogP contribution in [0.4, 0.5) is 5.69 Å². The van der Waals surface area contributed by atoms with Crippen molar-refractivity contribution in [3.63, 3.8) is 0 Å². The maximum Gasteiger partial charge on any atom is 0.417 e. The number of thioether (sulfide) groups is 1. The number of carbonyl (C=O) groups excluding carboxylic acids is 1. The Kier molecular flexibility index (Phi) is 4.74. The van der Waals surface area contributed by atoms with Crippen molar-refractivity contribution in [1.82, 2.24) is 15.1 Å².